The summed E-state index contributed by atoms with van der Waals surface area (Å²) in [5, 5.41) is 3.42. The zero-order valence-electron chi connectivity index (χ0n) is 11.5. The lowest BCUT2D eigenvalue weighted by molar-refractivity contribution is 0.0946. The van der Waals surface area contributed by atoms with Crippen LogP contribution in [0, 0.1) is 5.82 Å². The van der Waals surface area contributed by atoms with Gasteiger partial charge >= 0.3 is 0 Å². The number of nitrogens with one attached hydrogen (secondary N) is 2. The Hall–Kier alpha value is -3.02. The number of hydrogen-bond donors (Lipinski definition) is 2. The summed E-state index contributed by atoms with van der Waals surface area (Å²) in [5.41, 5.74) is 0.557. The Kier molecular flexibility index (Phi) is 3.65. The molecule has 0 atom stereocenters. The number of fused-ring (bicyclic) bond motifs is 1. The lowest BCUT2D eigenvalue weighted by Gasteiger charge is -2.06. The lowest BCUT2D eigenvalue weighted by Crippen LogP contribution is -2.26. The van der Waals surface area contributed by atoms with E-state index in [0.29, 0.717) is 17.3 Å². The third-order valence-corrected chi connectivity index (χ3v) is 3.25. The topological polar surface area (TPSA) is 74.8 Å². The number of aromatic nitrogens is 2. The Balaban J connectivity index is 1.86. The van der Waals surface area contributed by atoms with Gasteiger partial charge in [0.05, 0.1) is 0 Å². The number of benzene rings is 1. The van der Waals surface area contributed by atoms with Gasteiger partial charge in [-0.2, -0.15) is 0 Å². The van der Waals surface area contributed by atoms with E-state index in [-0.39, 0.29) is 5.69 Å². The summed E-state index contributed by atoms with van der Waals surface area (Å²) in [7, 11) is 0. The van der Waals surface area contributed by atoms with E-state index in [9.17, 15) is 14.0 Å². The monoisotopic (exact) mass is 297 g/mol. The molecule has 6 heteroatoms. The predicted octanol–water partition coefficient (Wildman–Crippen LogP) is 1.99. The van der Waals surface area contributed by atoms with E-state index in [4.69, 9.17) is 0 Å². The predicted molar refractivity (Wildman–Crippen MR) is 79.9 cm³/mol. The number of carbonyl (C=O) groups is 1. The fourth-order valence-corrected chi connectivity index (χ4v) is 2.14. The molecule has 0 saturated heterocycles. The highest BCUT2D eigenvalue weighted by molar-refractivity contribution is 5.96. The molecule has 0 radical (unpaired) electrons. The first-order valence-electron chi connectivity index (χ1n) is 6.63. The van der Waals surface area contributed by atoms with Crippen LogP contribution in [-0.2, 0) is 6.54 Å². The standard InChI is InChI=1S/C16H12FN3O2/c17-12-1-2-13-11(7-12)8-14(20-15(13)21)16(22)19-9-10-3-5-18-6-4-10/h1-8H,9H2,(H,19,22)(H,20,21). The Labute approximate surface area is 124 Å². The average molecular weight is 297 g/mol. The lowest BCUT2D eigenvalue weighted by atomic mass is 10.1. The first-order valence-corrected chi connectivity index (χ1v) is 6.63. The van der Waals surface area contributed by atoms with Crippen LogP contribution in [0.3, 0.4) is 0 Å². The summed E-state index contributed by atoms with van der Waals surface area (Å²) < 4.78 is 13.3. The molecule has 2 heterocycles. The molecule has 0 unspecified atom stereocenters. The first-order chi connectivity index (χ1) is 10.6. The molecule has 0 aliphatic rings. The second kappa shape index (κ2) is 5.77. The Morgan fingerprint density at radius 2 is 1.95 bits per heavy atom. The normalized spacial score (nSPS) is 10.6. The molecule has 0 saturated carbocycles. The van der Waals surface area contributed by atoms with Gasteiger partial charge in [0.1, 0.15) is 11.5 Å². The molecule has 0 bridgehead atoms. The van der Waals surface area contributed by atoms with Gasteiger partial charge in [-0.25, -0.2) is 4.39 Å². The van der Waals surface area contributed by atoms with Gasteiger partial charge in [-0.1, -0.05) is 0 Å². The molecule has 3 rings (SSSR count). The summed E-state index contributed by atoms with van der Waals surface area (Å²) in [4.78, 5) is 30.4. The third-order valence-electron chi connectivity index (χ3n) is 3.25. The Bertz CT molecular complexity index is 891. The molecule has 1 amide bonds. The van der Waals surface area contributed by atoms with Crippen molar-refractivity contribution in [3.8, 4) is 0 Å². The maximum atomic E-state index is 13.3. The number of H-pyrrole nitrogens is 1. The van der Waals surface area contributed by atoms with Crippen molar-refractivity contribution in [3.63, 3.8) is 0 Å². The van der Waals surface area contributed by atoms with Crippen LogP contribution < -0.4 is 10.9 Å². The minimum atomic E-state index is -0.457. The molecule has 2 N–H and O–H groups in total. The van der Waals surface area contributed by atoms with Crippen LogP contribution in [0.2, 0.25) is 0 Å². The number of pyridine rings is 2. The number of aromatic amines is 1. The van der Waals surface area contributed by atoms with Crippen LogP contribution in [0.15, 0.2) is 53.6 Å². The van der Waals surface area contributed by atoms with Gasteiger partial charge in [-0.15, -0.1) is 0 Å². The summed E-state index contributed by atoms with van der Waals surface area (Å²) in [6.07, 6.45) is 3.25. The van der Waals surface area contributed by atoms with Gasteiger partial charge in [0.2, 0.25) is 0 Å². The molecule has 1 aromatic carbocycles. The molecule has 22 heavy (non-hydrogen) atoms. The van der Waals surface area contributed by atoms with Gasteiger partial charge in [0.15, 0.2) is 0 Å². The zero-order chi connectivity index (χ0) is 15.5. The third kappa shape index (κ3) is 2.85. The first kappa shape index (κ1) is 13.9. The Morgan fingerprint density at radius 3 is 2.73 bits per heavy atom. The van der Waals surface area contributed by atoms with Crippen molar-refractivity contribution in [2.45, 2.75) is 6.54 Å². The van der Waals surface area contributed by atoms with E-state index in [0.717, 1.165) is 5.56 Å². The molecule has 5 nitrogen and oxygen atoms in total. The molecule has 0 spiro atoms. The molecule has 0 aliphatic heterocycles. The summed E-state index contributed by atoms with van der Waals surface area (Å²) in [6.45, 7) is 0.310. The smallest absolute Gasteiger partial charge is 0.268 e. The Morgan fingerprint density at radius 1 is 1.18 bits per heavy atom. The van der Waals surface area contributed by atoms with E-state index in [2.05, 4.69) is 15.3 Å². The number of hydrogen-bond acceptors (Lipinski definition) is 3. The number of halogens is 1. The largest absolute Gasteiger partial charge is 0.347 e. The maximum absolute atomic E-state index is 13.3. The van der Waals surface area contributed by atoms with Crippen LogP contribution in [0.1, 0.15) is 16.1 Å². The van der Waals surface area contributed by atoms with Crippen molar-refractivity contribution in [1.29, 1.82) is 0 Å². The summed E-state index contributed by atoms with van der Waals surface area (Å²) in [6, 6.07) is 8.84. The van der Waals surface area contributed by atoms with Crippen LogP contribution in [0.5, 0.6) is 0 Å². The number of nitrogens with zero attached hydrogens (tertiary/aromatic N) is 1. The molecule has 0 aliphatic carbocycles. The highest BCUT2D eigenvalue weighted by atomic mass is 19.1. The summed E-state index contributed by atoms with van der Waals surface area (Å²) >= 11 is 0. The fraction of sp³-hybridized carbons (Fsp3) is 0.0625. The number of rotatable bonds is 3. The van der Waals surface area contributed by atoms with Crippen LogP contribution in [0.4, 0.5) is 4.39 Å². The van der Waals surface area contributed by atoms with Gasteiger partial charge < -0.3 is 10.3 Å². The van der Waals surface area contributed by atoms with Crippen molar-refractivity contribution in [2.24, 2.45) is 0 Å². The maximum Gasteiger partial charge on any atom is 0.268 e. The van der Waals surface area contributed by atoms with E-state index in [1.165, 1.54) is 24.3 Å². The highest BCUT2D eigenvalue weighted by Crippen LogP contribution is 2.12. The quantitative estimate of drug-likeness (QED) is 0.776. The van der Waals surface area contributed by atoms with Crippen molar-refractivity contribution in [3.05, 3.63) is 76.2 Å². The fourth-order valence-electron chi connectivity index (χ4n) is 2.14. The van der Waals surface area contributed by atoms with Crippen LogP contribution >= 0.6 is 0 Å². The minimum absolute atomic E-state index is 0.0946. The number of carbonyl (C=O) groups excluding carboxylic acids is 1. The van der Waals surface area contributed by atoms with Crippen LogP contribution in [0.25, 0.3) is 10.8 Å². The van der Waals surface area contributed by atoms with E-state index in [1.807, 2.05) is 0 Å². The molecular weight excluding hydrogens is 285 g/mol. The van der Waals surface area contributed by atoms with E-state index in [1.54, 1.807) is 24.5 Å². The molecule has 0 fully saturated rings. The summed E-state index contributed by atoms with van der Waals surface area (Å²) in [5.74, 6) is -0.888. The van der Waals surface area contributed by atoms with Crippen molar-refractivity contribution < 1.29 is 9.18 Å². The van der Waals surface area contributed by atoms with E-state index < -0.39 is 17.3 Å². The second-order valence-corrected chi connectivity index (χ2v) is 4.78. The van der Waals surface area contributed by atoms with Crippen molar-refractivity contribution >= 4 is 16.7 Å². The number of amides is 1. The highest BCUT2D eigenvalue weighted by Gasteiger charge is 2.10. The van der Waals surface area contributed by atoms with Gasteiger partial charge in [-0.05, 0) is 47.3 Å². The van der Waals surface area contributed by atoms with Gasteiger partial charge in [0.25, 0.3) is 11.5 Å². The van der Waals surface area contributed by atoms with Crippen LogP contribution in [-0.4, -0.2) is 15.9 Å². The van der Waals surface area contributed by atoms with Gasteiger partial charge in [0, 0.05) is 24.3 Å². The van der Waals surface area contributed by atoms with Crippen molar-refractivity contribution in [1.82, 2.24) is 15.3 Å². The second-order valence-electron chi connectivity index (χ2n) is 4.78. The minimum Gasteiger partial charge on any atom is -0.347 e. The van der Waals surface area contributed by atoms with Gasteiger partial charge in [-0.3, -0.25) is 14.6 Å². The SMILES string of the molecule is O=C(NCc1ccncc1)c1cc2cc(F)ccc2c(=O)[nH]1. The molecule has 110 valence electrons. The average Bonchev–Trinajstić information content (AvgIpc) is 2.53. The molecule has 3 aromatic rings. The van der Waals surface area contributed by atoms with E-state index >= 15 is 0 Å². The zero-order valence-corrected chi connectivity index (χ0v) is 11.5. The molecular formula is C16H12FN3O2. The van der Waals surface area contributed by atoms with Crippen molar-refractivity contribution in [2.75, 3.05) is 0 Å². The molecule has 2 aromatic heterocycles.